The Kier molecular flexibility index (Phi) is 4.53. The number of ketones is 2. The van der Waals surface area contributed by atoms with Crippen LogP contribution in [0.5, 0.6) is 5.75 Å². The van der Waals surface area contributed by atoms with Crippen molar-refractivity contribution in [3.05, 3.63) is 46.2 Å². The lowest BCUT2D eigenvalue weighted by atomic mass is 9.56. The van der Waals surface area contributed by atoms with E-state index < -0.39 is 64.0 Å². The fourth-order valence-corrected chi connectivity index (χ4v) is 5.52. The van der Waals surface area contributed by atoms with Gasteiger partial charge in [-0.1, -0.05) is 12.1 Å². The number of primary amides is 1. The van der Waals surface area contributed by atoms with E-state index in [2.05, 4.69) is 0 Å². The molecule has 6 N–H and O–H groups in total. The highest BCUT2D eigenvalue weighted by Crippen LogP contribution is 2.55. The van der Waals surface area contributed by atoms with Gasteiger partial charge < -0.3 is 26.2 Å². The lowest BCUT2D eigenvalue weighted by Gasteiger charge is -2.49. The Labute approximate surface area is 178 Å². The van der Waals surface area contributed by atoms with Gasteiger partial charge in [0.1, 0.15) is 22.8 Å². The molecule has 2 unspecified atom stereocenters. The van der Waals surface area contributed by atoms with Gasteiger partial charge in [0.05, 0.1) is 23.1 Å². The molecule has 0 heterocycles. The maximum atomic E-state index is 13.6. The first-order chi connectivity index (χ1) is 14.4. The average molecular weight is 428 g/mol. The number of hydrogen-bond donors (Lipinski definition) is 5. The Balaban J connectivity index is 1.97. The third kappa shape index (κ3) is 2.66. The van der Waals surface area contributed by atoms with Crippen molar-refractivity contribution in [3.63, 3.8) is 0 Å². The average Bonchev–Trinajstić information content (AvgIpc) is 2.65. The number of likely N-dealkylation sites (N-methyl/N-ethyl adjacent to an activating group) is 1. The van der Waals surface area contributed by atoms with Crippen LogP contribution in [-0.4, -0.2) is 62.9 Å². The van der Waals surface area contributed by atoms with E-state index in [0.29, 0.717) is 0 Å². The maximum Gasteiger partial charge on any atom is 0.255 e. The number of hydrogen-bond acceptors (Lipinski definition) is 8. The van der Waals surface area contributed by atoms with E-state index in [9.17, 15) is 34.8 Å². The van der Waals surface area contributed by atoms with Gasteiger partial charge in [-0.25, -0.2) is 0 Å². The number of aliphatic hydroxyl groups is 3. The molecule has 1 aromatic carbocycles. The third-order valence-corrected chi connectivity index (χ3v) is 6.86. The lowest BCUT2D eigenvalue weighted by Crippen LogP contribution is -2.57. The largest absolute Gasteiger partial charge is 0.510 e. The monoisotopic (exact) mass is 428 g/mol. The highest BCUT2D eigenvalue weighted by atomic mass is 16.3. The zero-order valence-electron chi connectivity index (χ0n) is 17.3. The molecule has 0 radical (unpaired) electrons. The van der Waals surface area contributed by atoms with Crippen molar-refractivity contribution < 1.29 is 34.8 Å². The molecule has 1 fully saturated rings. The van der Waals surface area contributed by atoms with Crippen LogP contribution in [0.3, 0.4) is 0 Å². The van der Waals surface area contributed by atoms with Crippen molar-refractivity contribution >= 4 is 23.2 Å². The fourth-order valence-electron chi connectivity index (χ4n) is 5.52. The van der Waals surface area contributed by atoms with Crippen molar-refractivity contribution in [2.45, 2.75) is 25.0 Å². The topological polar surface area (TPSA) is 161 Å². The minimum absolute atomic E-state index is 0.0634. The van der Waals surface area contributed by atoms with Gasteiger partial charge in [-0.15, -0.1) is 0 Å². The van der Waals surface area contributed by atoms with E-state index in [4.69, 9.17) is 5.73 Å². The second kappa shape index (κ2) is 6.66. The number of nitrogens with zero attached hydrogens (tertiary/aromatic N) is 1. The van der Waals surface area contributed by atoms with E-state index in [1.165, 1.54) is 19.1 Å². The zero-order chi connectivity index (χ0) is 23.0. The van der Waals surface area contributed by atoms with Gasteiger partial charge in [0.15, 0.2) is 11.6 Å². The molecule has 4 rings (SSSR count). The Morgan fingerprint density at radius 3 is 2.39 bits per heavy atom. The molecule has 1 amide bonds. The van der Waals surface area contributed by atoms with Crippen molar-refractivity contribution in [1.29, 1.82) is 0 Å². The van der Waals surface area contributed by atoms with Gasteiger partial charge >= 0.3 is 0 Å². The molecular formula is C22H24N2O7. The summed E-state index contributed by atoms with van der Waals surface area (Å²) in [5.41, 5.74) is 3.08. The molecule has 5 atom stereocenters. The molecule has 1 aromatic rings. The van der Waals surface area contributed by atoms with E-state index >= 15 is 0 Å². The summed E-state index contributed by atoms with van der Waals surface area (Å²) >= 11 is 0. The van der Waals surface area contributed by atoms with E-state index in [0.717, 1.165) is 0 Å². The zero-order valence-corrected chi connectivity index (χ0v) is 17.3. The number of amides is 1. The smallest absolute Gasteiger partial charge is 0.255 e. The van der Waals surface area contributed by atoms with Crippen LogP contribution >= 0.6 is 0 Å². The Morgan fingerprint density at radius 2 is 1.81 bits per heavy atom. The van der Waals surface area contributed by atoms with Crippen molar-refractivity contribution in [1.82, 2.24) is 4.90 Å². The lowest BCUT2D eigenvalue weighted by molar-refractivity contribution is -0.139. The number of aromatic hydroxyl groups is 1. The Bertz CT molecular complexity index is 1100. The van der Waals surface area contributed by atoms with Gasteiger partial charge in [0.2, 0.25) is 0 Å². The second-order valence-electron chi connectivity index (χ2n) is 8.80. The van der Waals surface area contributed by atoms with Crippen LogP contribution in [0.25, 0.3) is 5.76 Å². The fraction of sp³-hybridized carbons (Fsp3) is 0.409. The van der Waals surface area contributed by atoms with Gasteiger partial charge in [-0.05, 0) is 45.0 Å². The molecule has 0 spiro atoms. The summed E-state index contributed by atoms with van der Waals surface area (Å²) < 4.78 is 0. The van der Waals surface area contributed by atoms with Crippen LogP contribution < -0.4 is 5.73 Å². The maximum absolute atomic E-state index is 13.6. The molecule has 3 aliphatic rings. The summed E-state index contributed by atoms with van der Waals surface area (Å²) in [5, 5.41) is 43.3. The second-order valence-corrected chi connectivity index (χ2v) is 8.80. The first kappa shape index (κ1) is 21.1. The number of phenols is 1. The first-order valence-corrected chi connectivity index (χ1v) is 9.87. The molecule has 9 heteroatoms. The van der Waals surface area contributed by atoms with Crippen LogP contribution in [0.4, 0.5) is 0 Å². The van der Waals surface area contributed by atoms with E-state index in [1.54, 1.807) is 25.1 Å². The molecule has 3 aliphatic carbocycles. The van der Waals surface area contributed by atoms with Crippen molar-refractivity contribution in [3.8, 4) is 5.75 Å². The Hall–Kier alpha value is -3.17. The summed E-state index contributed by atoms with van der Waals surface area (Å²) in [7, 11) is 3.26. The van der Waals surface area contributed by atoms with Crippen LogP contribution in [0.15, 0.2) is 35.1 Å². The molecule has 31 heavy (non-hydrogen) atoms. The number of benzene rings is 1. The number of Topliss-reactive ketones (excluding diaryl/α,β-unsaturated/α-hetero) is 2. The summed E-state index contributed by atoms with van der Waals surface area (Å²) in [6.45, 7) is 1.48. The molecule has 0 aromatic heterocycles. The minimum atomic E-state index is -1.64. The predicted octanol–water partition coefficient (Wildman–Crippen LogP) is 0.514. The standard InChI is InChI=1S/C22H24N2O7/c1-22(31)9-5-4-6-11(25)13(9)19(28)14-10(22)7-8-12(17(14)26)18(27)15(21(23)30)20(29)16(8)24(2)3/h4-6,8,10,12,16,25,28-29,31H,7H2,1-3H3,(H2,23,30)/t8-,10?,12?,16+,22-/m1/s1. The molecular weight excluding hydrogens is 404 g/mol. The number of aliphatic hydroxyl groups excluding tert-OH is 2. The van der Waals surface area contributed by atoms with Crippen molar-refractivity contribution in [2.24, 2.45) is 23.5 Å². The predicted molar refractivity (Wildman–Crippen MR) is 109 cm³/mol. The van der Waals surface area contributed by atoms with Gasteiger partial charge in [-0.3, -0.25) is 19.3 Å². The van der Waals surface area contributed by atoms with Gasteiger partial charge in [0.25, 0.3) is 5.91 Å². The third-order valence-electron chi connectivity index (χ3n) is 6.86. The molecule has 0 aliphatic heterocycles. The van der Waals surface area contributed by atoms with Crippen molar-refractivity contribution in [2.75, 3.05) is 14.1 Å². The van der Waals surface area contributed by atoms with Gasteiger partial charge in [-0.2, -0.15) is 0 Å². The number of phenolic OH excluding ortho intramolecular Hbond substituents is 1. The molecule has 164 valence electrons. The van der Waals surface area contributed by atoms with Crippen LogP contribution in [0, 0.1) is 17.8 Å². The summed E-state index contributed by atoms with van der Waals surface area (Å²) in [4.78, 5) is 40.1. The Morgan fingerprint density at radius 1 is 1.16 bits per heavy atom. The minimum Gasteiger partial charge on any atom is -0.510 e. The highest BCUT2D eigenvalue weighted by molar-refractivity contribution is 6.28. The molecule has 0 saturated heterocycles. The van der Waals surface area contributed by atoms with E-state index in [1.807, 2.05) is 0 Å². The van der Waals surface area contributed by atoms with Crippen LogP contribution in [0.2, 0.25) is 0 Å². The number of carbonyl (C=O) groups excluding carboxylic acids is 3. The highest BCUT2D eigenvalue weighted by Gasteiger charge is 2.59. The molecule has 9 nitrogen and oxygen atoms in total. The SMILES string of the molecule is CN(C)[C@@H]1C(O)=C(C(N)=O)C(=O)C2C(=O)C3=C(O)c4c(O)cccc4[C@@](C)(O)C3C[C@H]21. The summed E-state index contributed by atoms with van der Waals surface area (Å²) in [5.74, 6) is -7.12. The normalized spacial score (nSPS) is 32.7. The van der Waals surface area contributed by atoms with Gasteiger partial charge in [0, 0.05) is 11.5 Å². The summed E-state index contributed by atoms with van der Waals surface area (Å²) in [6.07, 6.45) is 0.0720. The van der Waals surface area contributed by atoms with Crippen LogP contribution in [-0.2, 0) is 20.0 Å². The quantitative estimate of drug-likeness (QED) is 0.336. The van der Waals surface area contributed by atoms with E-state index in [-0.39, 0.29) is 28.9 Å². The first-order valence-electron chi connectivity index (χ1n) is 9.87. The van der Waals surface area contributed by atoms with Crippen LogP contribution in [0.1, 0.15) is 24.5 Å². The molecule has 0 bridgehead atoms. The number of carbonyl (C=O) groups is 3. The number of rotatable bonds is 2. The summed E-state index contributed by atoms with van der Waals surface area (Å²) in [6, 6.07) is 3.53. The molecule has 1 saturated carbocycles. The number of fused-ring (bicyclic) bond motifs is 3. The number of nitrogens with two attached hydrogens (primary N) is 1.